The highest BCUT2D eigenvalue weighted by atomic mass is 16.3. The highest BCUT2D eigenvalue weighted by Crippen LogP contribution is 2.07. The molecule has 4 N–H and O–H groups in total. The van der Waals surface area contributed by atoms with Crippen LogP contribution in [-0.2, 0) is 0 Å². The molecular formula is C11H17N3O2. The van der Waals surface area contributed by atoms with Crippen LogP contribution in [0.5, 0.6) is 0 Å². The Kier molecular flexibility index (Phi) is 4.25. The molecular weight excluding hydrogens is 206 g/mol. The summed E-state index contributed by atoms with van der Waals surface area (Å²) in [5, 5.41) is 11.9. The number of nitrogens with zero attached hydrogens (tertiary/aromatic N) is 1. The SMILES string of the molecule is CC(O)CC(C)NC(=O)c1ncccc1N. The Hall–Kier alpha value is -1.62. The van der Waals surface area contributed by atoms with Crippen molar-refractivity contribution >= 4 is 11.6 Å². The lowest BCUT2D eigenvalue weighted by Crippen LogP contribution is -2.35. The Morgan fingerprint density at radius 1 is 1.62 bits per heavy atom. The molecule has 1 aromatic rings. The number of rotatable bonds is 4. The fourth-order valence-electron chi connectivity index (χ4n) is 1.47. The highest BCUT2D eigenvalue weighted by molar-refractivity contribution is 5.97. The van der Waals surface area contributed by atoms with E-state index in [4.69, 9.17) is 10.8 Å². The topological polar surface area (TPSA) is 88.2 Å². The van der Waals surface area contributed by atoms with Crippen LogP contribution in [0.25, 0.3) is 0 Å². The lowest BCUT2D eigenvalue weighted by atomic mass is 10.1. The van der Waals surface area contributed by atoms with Crippen LogP contribution in [-0.4, -0.2) is 28.1 Å². The number of carbonyl (C=O) groups excluding carboxylic acids is 1. The number of nitrogen functional groups attached to an aromatic ring is 1. The van der Waals surface area contributed by atoms with Crippen LogP contribution >= 0.6 is 0 Å². The zero-order valence-electron chi connectivity index (χ0n) is 9.47. The van der Waals surface area contributed by atoms with Crippen LogP contribution < -0.4 is 11.1 Å². The van der Waals surface area contributed by atoms with E-state index in [9.17, 15) is 4.79 Å². The van der Waals surface area contributed by atoms with Crippen molar-refractivity contribution in [3.05, 3.63) is 24.0 Å². The van der Waals surface area contributed by atoms with Gasteiger partial charge >= 0.3 is 0 Å². The lowest BCUT2D eigenvalue weighted by molar-refractivity contribution is 0.0919. The number of carbonyl (C=O) groups is 1. The van der Waals surface area contributed by atoms with E-state index in [0.29, 0.717) is 12.1 Å². The highest BCUT2D eigenvalue weighted by Gasteiger charge is 2.14. The maximum Gasteiger partial charge on any atom is 0.272 e. The molecule has 0 saturated carbocycles. The zero-order valence-corrected chi connectivity index (χ0v) is 9.47. The average molecular weight is 223 g/mol. The van der Waals surface area contributed by atoms with Crippen LogP contribution in [0, 0.1) is 0 Å². The third kappa shape index (κ3) is 3.51. The van der Waals surface area contributed by atoms with Gasteiger partial charge in [0.1, 0.15) is 0 Å². The van der Waals surface area contributed by atoms with Crippen LogP contribution in [0.4, 0.5) is 5.69 Å². The van der Waals surface area contributed by atoms with Crippen molar-refractivity contribution in [1.29, 1.82) is 0 Å². The van der Waals surface area contributed by atoms with Gasteiger partial charge in [0.2, 0.25) is 0 Å². The zero-order chi connectivity index (χ0) is 12.1. The molecule has 88 valence electrons. The van der Waals surface area contributed by atoms with E-state index >= 15 is 0 Å². The van der Waals surface area contributed by atoms with Gasteiger partial charge in [-0.2, -0.15) is 0 Å². The van der Waals surface area contributed by atoms with Gasteiger partial charge in [-0.1, -0.05) is 0 Å². The van der Waals surface area contributed by atoms with E-state index in [-0.39, 0.29) is 17.6 Å². The second-order valence-electron chi connectivity index (χ2n) is 3.90. The van der Waals surface area contributed by atoms with E-state index < -0.39 is 6.10 Å². The summed E-state index contributed by atoms with van der Waals surface area (Å²) in [4.78, 5) is 15.6. The minimum absolute atomic E-state index is 0.117. The summed E-state index contributed by atoms with van der Waals surface area (Å²) < 4.78 is 0. The van der Waals surface area contributed by atoms with Gasteiger partial charge in [-0.25, -0.2) is 4.98 Å². The number of nitrogens with one attached hydrogen (secondary N) is 1. The van der Waals surface area contributed by atoms with E-state index in [0.717, 1.165) is 0 Å². The summed E-state index contributed by atoms with van der Waals surface area (Å²) >= 11 is 0. The quantitative estimate of drug-likeness (QED) is 0.695. The Morgan fingerprint density at radius 2 is 2.31 bits per heavy atom. The second-order valence-corrected chi connectivity index (χ2v) is 3.90. The van der Waals surface area contributed by atoms with Crippen molar-refractivity contribution in [1.82, 2.24) is 10.3 Å². The van der Waals surface area contributed by atoms with Gasteiger partial charge in [-0.3, -0.25) is 4.79 Å². The van der Waals surface area contributed by atoms with Gasteiger partial charge in [0.05, 0.1) is 11.8 Å². The molecule has 0 fully saturated rings. The number of pyridine rings is 1. The minimum Gasteiger partial charge on any atom is -0.397 e. The molecule has 0 bridgehead atoms. The molecule has 5 heteroatoms. The molecule has 2 atom stereocenters. The third-order valence-corrected chi connectivity index (χ3v) is 2.13. The monoisotopic (exact) mass is 223 g/mol. The number of nitrogens with two attached hydrogens (primary N) is 1. The minimum atomic E-state index is -0.448. The van der Waals surface area contributed by atoms with Crippen molar-refractivity contribution in [2.45, 2.75) is 32.4 Å². The molecule has 0 radical (unpaired) electrons. The second kappa shape index (κ2) is 5.46. The number of aromatic nitrogens is 1. The number of aliphatic hydroxyl groups excluding tert-OH is 1. The standard InChI is InChI=1S/C11H17N3O2/c1-7(6-8(2)15)14-11(16)10-9(12)4-3-5-13-10/h3-5,7-8,15H,6,12H2,1-2H3,(H,14,16). The van der Waals surface area contributed by atoms with Gasteiger partial charge in [0.25, 0.3) is 5.91 Å². The van der Waals surface area contributed by atoms with E-state index in [2.05, 4.69) is 10.3 Å². The summed E-state index contributed by atoms with van der Waals surface area (Å²) in [6, 6.07) is 3.18. The lowest BCUT2D eigenvalue weighted by Gasteiger charge is -2.15. The summed E-state index contributed by atoms with van der Waals surface area (Å²) in [6.07, 6.45) is 1.57. The molecule has 0 saturated heterocycles. The smallest absolute Gasteiger partial charge is 0.272 e. The number of hydrogen-bond donors (Lipinski definition) is 3. The Balaban J connectivity index is 2.63. The molecule has 16 heavy (non-hydrogen) atoms. The van der Waals surface area contributed by atoms with Gasteiger partial charge in [-0.15, -0.1) is 0 Å². The number of aliphatic hydroxyl groups is 1. The Morgan fingerprint density at radius 3 is 2.88 bits per heavy atom. The van der Waals surface area contributed by atoms with Gasteiger partial charge in [0, 0.05) is 12.2 Å². The first-order valence-electron chi connectivity index (χ1n) is 5.20. The molecule has 0 aliphatic carbocycles. The number of anilines is 1. The molecule has 1 rings (SSSR count). The Bertz CT molecular complexity index is 366. The summed E-state index contributed by atoms with van der Waals surface area (Å²) in [5.74, 6) is -0.314. The van der Waals surface area contributed by atoms with Crippen molar-refractivity contribution < 1.29 is 9.90 Å². The van der Waals surface area contributed by atoms with Crippen LogP contribution in [0.2, 0.25) is 0 Å². The van der Waals surface area contributed by atoms with E-state index in [1.54, 1.807) is 19.1 Å². The number of hydrogen-bond acceptors (Lipinski definition) is 4. The fraction of sp³-hybridized carbons (Fsp3) is 0.455. The molecule has 2 unspecified atom stereocenters. The first kappa shape index (κ1) is 12.4. The maximum absolute atomic E-state index is 11.7. The maximum atomic E-state index is 11.7. The molecule has 0 aliphatic heterocycles. The number of amides is 1. The largest absolute Gasteiger partial charge is 0.397 e. The van der Waals surface area contributed by atoms with Gasteiger partial charge < -0.3 is 16.2 Å². The summed E-state index contributed by atoms with van der Waals surface area (Å²) in [5.41, 5.74) is 6.20. The molecule has 0 aliphatic rings. The fourth-order valence-corrected chi connectivity index (χ4v) is 1.47. The normalized spacial score (nSPS) is 14.2. The summed E-state index contributed by atoms with van der Waals surface area (Å²) in [7, 11) is 0. The van der Waals surface area contributed by atoms with Crippen LogP contribution in [0.3, 0.4) is 0 Å². The summed E-state index contributed by atoms with van der Waals surface area (Å²) in [6.45, 7) is 3.50. The molecule has 1 aromatic heterocycles. The van der Waals surface area contributed by atoms with Crippen molar-refractivity contribution in [2.75, 3.05) is 5.73 Å². The molecule has 5 nitrogen and oxygen atoms in total. The first-order valence-corrected chi connectivity index (χ1v) is 5.20. The van der Waals surface area contributed by atoms with Gasteiger partial charge in [0.15, 0.2) is 5.69 Å². The molecule has 0 aromatic carbocycles. The van der Waals surface area contributed by atoms with Crippen LogP contribution in [0.1, 0.15) is 30.8 Å². The van der Waals surface area contributed by atoms with Gasteiger partial charge in [-0.05, 0) is 32.4 Å². The first-order chi connectivity index (χ1) is 7.50. The van der Waals surface area contributed by atoms with E-state index in [1.165, 1.54) is 6.20 Å². The Labute approximate surface area is 94.7 Å². The van der Waals surface area contributed by atoms with Crippen molar-refractivity contribution in [3.8, 4) is 0 Å². The van der Waals surface area contributed by atoms with Crippen molar-refractivity contribution in [2.24, 2.45) is 0 Å². The predicted octanol–water partition coefficient (Wildman–Crippen LogP) is 0.553. The molecule has 1 heterocycles. The van der Waals surface area contributed by atoms with E-state index in [1.807, 2.05) is 6.92 Å². The third-order valence-electron chi connectivity index (χ3n) is 2.13. The van der Waals surface area contributed by atoms with Crippen molar-refractivity contribution in [3.63, 3.8) is 0 Å². The average Bonchev–Trinajstić information content (AvgIpc) is 2.16. The predicted molar refractivity (Wildman–Crippen MR) is 61.9 cm³/mol. The molecule has 0 spiro atoms. The molecule has 1 amide bonds. The van der Waals surface area contributed by atoms with Crippen LogP contribution in [0.15, 0.2) is 18.3 Å².